The van der Waals surface area contributed by atoms with E-state index in [0.717, 1.165) is 17.7 Å². The van der Waals surface area contributed by atoms with Crippen molar-refractivity contribution in [2.45, 2.75) is 6.42 Å². The molecule has 132 valence electrons. The van der Waals surface area contributed by atoms with E-state index in [1.54, 1.807) is 31.8 Å². The number of hydrogen-bond acceptors (Lipinski definition) is 5. The molecular formula is C20H20N4O2. The van der Waals surface area contributed by atoms with Crippen molar-refractivity contribution in [1.29, 1.82) is 0 Å². The maximum Gasteiger partial charge on any atom is 0.252 e. The summed E-state index contributed by atoms with van der Waals surface area (Å²) in [4.78, 5) is 20.6. The van der Waals surface area contributed by atoms with Crippen LogP contribution in [0.1, 0.15) is 15.9 Å². The number of rotatable bonds is 7. The summed E-state index contributed by atoms with van der Waals surface area (Å²) in [6.07, 6.45) is 5.65. The van der Waals surface area contributed by atoms with Crippen molar-refractivity contribution in [2.24, 2.45) is 0 Å². The van der Waals surface area contributed by atoms with Crippen LogP contribution in [0.15, 0.2) is 67.1 Å². The van der Waals surface area contributed by atoms with Gasteiger partial charge in [0.2, 0.25) is 0 Å². The molecule has 0 saturated carbocycles. The Morgan fingerprint density at radius 3 is 2.69 bits per heavy atom. The van der Waals surface area contributed by atoms with Crippen molar-refractivity contribution in [3.8, 4) is 5.75 Å². The molecule has 0 unspecified atom stereocenters. The van der Waals surface area contributed by atoms with Crippen LogP contribution in [0.5, 0.6) is 5.75 Å². The Labute approximate surface area is 152 Å². The van der Waals surface area contributed by atoms with Crippen LogP contribution in [-0.2, 0) is 6.42 Å². The Bertz CT molecular complexity index is 851. The van der Waals surface area contributed by atoms with Gasteiger partial charge in [0.15, 0.2) is 0 Å². The number of benzene rings is 1. The number of anilines is 2. The first-order valence-electron chi connectivity index (χ1n) is 8.29. The zero-order valence-electron chi connectivity index (χ0n) is 14.5. The number of nitrogens with one attached hydrogen (secondary N) is 2. The summed E-state index contributed by atoms with van der Waals surface area (Å²) in [5.74, 6) is 1.36. The van der Waals surface area contributed by atoms with Crippen LogP contribution in [-0.4, -0.2) is 29.5 Å². The summed E-state index contributed by atoms with van der Waals surface area (Å²) in [6, 6.07) is 15.1. The SMILES string of the molecule is COc1ccc(CCNC(=O)c2cncc(Nc3ccccn3)c2)cc1. The summed E-state index contributed by atoms with van der Waals surface area (Å²) in [5, 5.41) is 6.04. The molecule has 2 heterocycles. The minimum atomic E-state index is -0.157. The Kier molecular flexibility index (Phi) is 5.77. The average Bonchev–Trinajstić information content (AvgIpc) is 2.69. The van der Waals surface area contributed by atoms with Crippen molar-refractivity contribution < 1.29 is 9.53 Å². The van der Waals surface area contributed by atoms with E-state index in [9.17, 15) is 4.79 Å². The molecule has 0 aliphatic rings. The third-order valence-electron chi connectivity index (χ3n) is 3.80. The minimum absolute atomic E-state index is 0.157. The van der Waals surface area contributed by atoms with Gasteiger partial charge >= 0.3 is 0 Å². The van der Waals surface area contributed by atoms with Crippen LogP contribution in [0.3, 0.4) is 0 Å². The quantitative estimate of drug-likeness (QED) is 0.686. The molecule has 6 heteroatoms. The van der Waals surface area contributed by atoms with Crippen molar-refractivity contribution in [3.63, 3.8) is 0 Å². The van der Waals surface area contributed by atoms with E-state index < -0.39 is 0 Å². The average molecular weight is 348 g/mol. The molecular weight excluding hydrogens is 328 g/mol. The molecule has 6 nitrogen and oxygen atoms in total. The van der Waals surface area contributed by atoms with Crippen LogP contribution in [0.4, 0.5) is 11.5 Å². The third-order valence-corrected chi connectivity index (χ3v) is 3.80. The maximum atomic E-state index is 12.3. The highest BCUT2D eigenvalue weighted by molar-refractivity contribution is 5.94. The molecule has 0 radical (unpaired) electrons. The molecule has 0 aliphatic heterocycles. The van der Waals surface area contributed by atoms with Gasteiger partial charge in [-0.15, -0.1) is 0 Å². The van der Waals surface area contributed by atoms with E-state index in [0.29, 0.717) is 23.6 Å². The number of amides is 1. The van der Waals surface area contributed by atoms with E-state index in [-0.39, 0.29) is 5.91 Å². The van der Waals surface area contributed by atoms with E-state index >= 15 is 0 Å². The standard InChI is InChI=1S/C20H20N4O2/c1-26-18-7-5-15(6-8-18)9-11-23-20(25)16-12-17(14-21-13-16)24-19-4-2-3-10-22-19/h2-8,10,12-14H,9,11H2,1H3,(H,22,24)(H,23,25). The highest BCUT2D eigenvalue weighted by atomic mass is 16.5. The monoisotopic (exact) mass is 348 g/mol. The lowest BCUT2D eigenvalue weighted by molar-refractivity contribution is 0.0954. The summed E-state index contributed by atoms with van der Waals surface area (Å²) in [5.41, 5.74) is 2.35. The zero-order chi connectivity index (χ0) is 18.2. The molecule has 1 amide bonds. The summed E-state index contributed by atoms with van der Waals surface area (Å²) >= 11 is 0. The zero-order valence-corrected chi connectivity index (χ0v) is 14.5. The Morgan fingerprint density at radius 2 is 1.96 bits per heavy atom. The Balaban J connectivity index is 1.55. The van der Waals surface area contributed by atoms with Gasteiger partial charge in [-0.1, -0.05) is 18.2 Å². The molecule has 2 aromatic heterocycles. The topological polar surface area (TPSA) is 76.1 Å². The number of carbonyl (C=O) groups excluding carboxylic acids is 1. The summed E-state index contributed by atoms with van der Waals surface area (Å²) in [7, 11) is 1.64. The minimum Gasteiger partial charge on any atom is -0.497 e. The van der Waals surface area contributed by atoms with Gasteiger partial charge in [0.25, 0.3) is 5.91 Å². The van der Waals surface area contributed by atoms with Crippen molar-refractivity contribution in [2.75, 3.05) is 19.0 Å². The molecule has 2 N–H and O–H groups in total. The van der Waals surface area contributed by atoms with Gasteiger partial charge in [0, 0.05) is 18.9 Å². The van der Waals surface area contributed by atoms with Gasteiger partial charge in [-0.2, -0.15) is 0 Å². The first-order valence-corrected chi connectivity index (χ1v) is 8.29. The number of aromatic nitrogens is 2. The highest BCUT2D eigenvalue weighted by Crippen LogP contribution is 2.14. The largest absolute Gasteiger partial charge is 0.497 e. The first kappa shape index (κ1) is 17.4. The second kappa shape index (κ2) is 8.62. The number of ether oxygens (including phenoxy) is 1. The first-order chi connectivity index (χ1) is 12.7. The van der Waals surface area contributed by atoms with Gasteiger partial charge in [-0.05, 0) is 42.3 Å². The Morgan fingerprint density at radius 1 is 1.12 bits per heavy atom. The van der Waals surface area contributed by atoms with Gasteiger partial charge in [-0.25, -0.2) is 4.98 Å². The molecule has 1 aromatic carbocycles. The Hall–Kier alpha value is -3.41. The van der Waals surface area contributed by atoms with E-state index in [1.807, 2.05) is 42.5 Å². The number of methoxy groups -OCH3 is 1. The predicted molar refractivity (Wildman–Crippen MR) is 101 cm³/mol. The number of nitrogens with zero attached hydrogens (tertiary/aromatic N) is 2. The van der Waals surface area contributed by atoms with Crippen LogP contribution in [0, 0.1) is 0 Å². The second-order valence-electron chi connectivity index (χ2n) is 5.66. The molecule has 0 bridgehead atoms. The normalized spacial score (nSPS) is 10.2. The highest BCUT2D eigenvalue weighted by Gasteiger charge is 2.07. The molecule has 26 heavy (non-hydrogen) atoms. The van der Waals surface area contributed by atoms with E-state index in [2.05, 4.69) is 20.6 Å². The molecule has 3 aromatic rings. The number of carbonyl (C=O) groups is 1. The lowest BCUT2D eigenvalue weighted by Crippen LogP contribution is -2.25. The smallest absolute Gasteiger partial charge is 0.252 e. The fourth-order valence-electron chi connectivity index (χ4n) is 2.43. The van der Waals surface area contributed by atoms with Crippen LogP contribution >= 0.6 is 0 Å². The molecule has 0 aliphatic carbocycles. The van der Waals surface area contributed by atoms with Gasteiger partial charge in [-0.3, -0.25) is 9.78 Å². The van der Waals surface area contributed by atoms with E-state index in [1.165, 1.54) is 0 Å². The van der Waals surface area contributed by atoms with Crippen molar-refractivity contribution >= 4 is 17.4 Å². The summed E-state index contributed by atoms with van der Waals surface area (Å²) in [6.45, 7) is 0.545. The fraction of sp³-hybridized carbons (Fsp3) is 0.150. The number of pyridine rings is 2. The van der Waals surface area contributed by atoms with Crippen LogP contribution in [0.25, 0.3) is 0 Å². The van der Waals surface area contributed by atoms with Gasteiger partial charge < -0.3 is 15.4 Å². The third kappa shape index (κ3) is 4.80. The van der Waals surface area contributed by atoms with E-state index in [4.69, 9.17) is 4.74 Å². The lowest BCUT2D eigenvalue weighted by Gasteiger charge is -2.08. The maximum absolute atomic E-state index is 12.3. The molecule has 0 spiro atoms. The van der Waals surface area contributed by atoms with Crippen molar-refractivity contribution in [1.82, 2.24) is 15.3 Å². The molecule has 0 fully saturated rings. The molecule has 3 rings (SSSR count). The number of hydrogen-bond donors (Lipinski definition) is 2. The summed E-state index contributed by atoms with van der Waals surface area (Å²) < 4.78 is 5.14. The molecule has 0 atom stereocenters. The van der Waals surface area contributed by atoms with Gasteiger partial charge in [0.1, 0.15) is 11.6 Å². The van der Waals surface area contributed by atoms with Crippen molar-refractivity contribution in [3.05, 3.63) is 78.2 Å². The van der Waals surface area contributed by atoms with Crippen LogP contribution in [0.2, 0.25) is 0 Å². The van der Waals surface area contributed by atoms with Crippen LogP contribution < -0.4 is 15.4 Å². The van der Waals surface area contributed by atoms with Gasteiger partial charge in [0.05, 0.1) is 24.6 Å². The molecule has 0 saturated heterocycles. The second-order valence-corrected chi connectivity index (χ2v) is 5.66. The lowest BCUT2D eigenvalue weighted by atomic mass is 10.1. The predicted octanol–water partition coefficient (Wildman–Crippen LogP) is 3.20. The fourth-order valence-corrected chi connectivity index (χ4v) is 2.43.